The minimum atomic E-state index is -0.474. The Bertz CT molecular complexity index is 1730. The summed E-state index contributed by atoms with van der Waals surface area (Å²) in [4.78, 5) is 29.8. The summed E-state index contributed by atoms with van der Waals surface area (Å²) in [6.45, 7) is 0. The number of non-ortho nitro benzene ring substituents is 1. The van der Waals surface area contributed by atoms with Crippen LogP contribution in [0.2, 0.25) is 0 Å². The Morgan fingerprint density at radius 2 is 1.89 bits per heavy atom. The SMILES string of the molecule is O=c1/c(=C\c2cccc([N+](=O)[O-])c2)sc2n1C(c1cccc(F)c1)C1=C(N=2)c2ccccc2CC1. The summed E-state index contributed by atoms with van der Waals surface area (Å²) < 4.78 is 16.3. The molecule has 0 bridgehead atoms. The molecule has 2 aliphatic rings. The van der Waals surface area contributed by atoms with Gasteiger partial charge in [-0.3, -0.25) is 19.5 Å². The maximum absolute atomic E-state index is 14.3. The molecule has 0 N–H and O–H groups in total. The number of thiazole rings is 1. The summed E-state index contributed by atoms with van der Waals surface area (Å²) in [6.07, 6.45) is 3.18. The molecule has 3 aromatic carbocycles. The van der Waals surface area contributed by atoms with Gasteiger partial charge in [-0.05, 0) is 53.3 Å². The fraction of sp³-hybridized carbons (Fsp3) is 0.111. The molecular weight excluding hydrogens is 465 g/mol. The highest BCUT2D eigenvalue weighted by atomic mass is 32.1. The molecule has 0 saturated heterocycles. The number of aromatic nitrogens is 1. The quantitative estimate of drug-likeness (QED) is 0.321. The lowest BCUT2D eigenvalue weighted by Crippen LogP contribution is -2.38. The zero-order chi connectivity index (χ0) is 24.1. The highest BCUT2D eigenvalue weighted by Crippen LogP contribution is 2.41. The average Bonchev–Trinajstić information content (AvgIpc) is 3.17. The lowest BCUT2D eigenvalue weighted by molar-refractivity contribution is -0.384. The minimum absolute atomic E-state index is 0.0452. The molecule has 1 atom stereocenters. The van der Waals surface area contributed by atoms with Crippen LogP contribution in [0.3, 0.4) is 0 Å². The van der Waals surface area contributed by atoms with Gasteiger partial charge >= 0.3 is 0 Å². The summed E-state index contributed by atoms with van der Waals surface area (Å²) in [6, 6.07) is 20.1. The van der Waals surface area contributed by atoms with E-state index in [1.54, 1.807) is 28.8 Å². The molecular formula is C27H18FN3O3S. The third-order valence-electron chi connectivity index (χ3n) is 6.42. The number of hydrogen-bond donors (Lipinski definition) is 0. The number of aryl methyl sites for hydroxylation is 1. The molecule has 1 aromatic heterocycles. The normalized spacial score (nSPS) is 16.8. The van der Waals surface area contributed by atoms with E-state index in [0.717, 1.165) is 23.3 Å². The predicted molar refractivity (Wildman–Crippen MR) is 132 cm³/mol. The van der Waals surface area contributed by atoms with E-state index < -0.39 is 11.0 Å². The van der Waals surface area contributed by atoms with E-state index in [9.17, 15) is 19.3 Å². The van der Waals surface area contributed by atoms with Crippen molar-refractivity contribution in [2.45, 2.75) is 18.9 Å². The largest absolute Gasteiger partial charge is 0.272 e. The summed E-state index contributed by atoms with van der Waals surface area (Å²) >= 11 is 1.23. The molecule has 2 heterocycles. The molecule has 0 amide bonds. The number of nitro benzene ring substituents is 1. The van der Waals surface area contributed by atoms with Crippen LogP contribution in [0.25, 0.3) is 11.8 Å². The van der Waals surface area contributed by atoms with E-state index in [1.165, 1.54) is 41.2 Å². The molecule has 6 rings (SSSR count). The summed E-state index contributed by atoms with van der Waals surface area (Å²) in [7, 11) is 0. The predicted octanol–water partition coefficient (Wildman–Crippen LogP) is 4.37. The summed E-state index contributed by atoms with van der Waals surface area (Å²) in [5, 5.41) is 11.2. The fourth-order valence-corrected chi connectivity index (χ4v) is 5.88. The Morgan fingerprint density at radius 3 is 2.71 bits per heavy atom. The van der Waals surface area contributed by atoms with Gasteiger partial charge in [0.2, 0.25) is 0 Å². The van der Waals surface area contributed by atoms with E-state index in [2.05, 4.69) is 6.07 Å². The fourth-order valence-electron chi connectivity index (χ4n) is 4.88. The van der Waals surface area contributed by atoms with Gasteiger partial charge in [-0.15, -0.1) is 0 Å². The van der Waals surface area contributed by atoms with Crippen molar-refractivity contribution in [2.75, 3.05) is 0 Å². The van der Waals surface area contributed by atoms with Gasteiger partial charge in [-0.2, -0.15) is 0 Å². The number of hydrogen-bond acceptors (Lipinski definition) is 5. The van der Waals surface area contributed by atoms with Crippen LogP contribution in [0, 0.1) is 15.9 Å². The van der Waals surface area contributed by atoms with Crippen molar-refractivity contribution in [3.8, 4) is 0 Å². The minimum Gasteiger partial charge on any atom is -0.272 e. The van der Waals surface area contributed by atoms with Gasteiger partial charge in [-0.1, -0.05) is 59.9 Å². The third-order valence-corrected chi connectivity index (χ3v) is 7.40. The van der Waals surface area contributed by atoms with Gasteiger partial charge in [0, 0.05) is 17.7 Å². The Hall–Kier alpha value is -4.17. The number of benzene rings is 3. The Labute approximate surface area is 202 Å². The van der Waals surface area contributed by atoms with Crippen molar-refractivity contribution < 1.29 is 9.31 Å². The van der Waals surface area contributed by atoms with Crippen LogP contribution in [0.4, 0.5) is 10.1 Å². The zero-order valence-corrected chi connectivity index (χ0v) is 19.2. The lowest BCUT2D eigenvalue weighted by Gasteiger charge is -2.30. The second kappa shape index (κ2) is 8.25. The van der Waals surface area contributed by atoms with Crippen molar-refractivity contribution in [3.63, 3.8) is 0 Å². The van der Waals surface area contributed by atoms with Gasteiger partial charge in [-0.25, -0.2) is 9.38 Å². The molecule has 1 aliphatic heterocycles. The van der Waals surface area contributed by atoms with Crippen molar-refractivity contribution in [3.05, 3.63) is 136 Å². The first kappa shape index (κ1) is 21.4. The van der Waals surface area contributed by atoms with Gasteiger partial charge in [0.15, 0.2) is 4.80 Å². The topological polar surface area (TPSA) is 77.5 Å². The van der Waals surface area contributed by atoms with E-state index in [-0.39, 0.29) is 17.1 Å². The average molecular weight is 484 g/mol. The summed E-state index contributed by atoms with van der Waals surface area (Å²) in [5.41, 5.74) is 5.01. The molecule has 1 aliphatic carbocycles. The van der Waals surface area contributed by atoms with Gasteiger partial charge in [0.25, 0.3) is 11.2 Å². The molecule has 8 heteroatoms. The maximum atomic E-state index is 14.3. The first-order valence-corrected chi connectivity index (χ1v) is 11.9. The molecule has 172 valence electrons. The van der Waals surface area contributed by atoms with E-state index in [4.69, 9.17) is 4.99 Å². The third kappa shape index (κ3) is 3.63. The van der Waals surface area contributed by atoms with E-state index >= 15 is 0 Å². The van der Waals surface area contributed by atoms with Crippen LogP contribution in [0.15, 0.2) is 88.2 Å². The number of rotatable bonds is 3. The molecule has 0 saturated carbocycles. The van der Waals surface area contributed by atoms with Crippen LogP contribution in [-0.4, -0.2) is 9.49 Å². The highest BCUT2D eigenvalue weighted by Gasteiger charge is 2.32. The van der Waals surface area contributed by atoms with Crippen LogP contribution < -0.4 is 14.9 Å². The first-order chi connectivity index (χ1) is 17.0. The number of nitrogens with zero attached hydrogens (tertiary/aromatic N) is 3. The maximum Gasteiger partial charge on any atom is 0.271 e. The second-order valence-corrected chi connectivity index (χ2v) is 9.53. The number of halogens is 1. The zero-order valence-electron chi connectivity index (χ0n) is 18.3. The van der Waals surface area contributed by atoms with E-state index in [0.29, 0.717) is 26.9 Å². The van der Waals surface area contributed by atoms with Crippen LogP contribution in [0.5, 0.6) is 0 Å². The Kier molecular flexibility index (Phi) is 5.04. The Balaban J connectivity index is 1.61. The van der Waals surface area contributed by atoms with Crippen LogP contribution in [0.1, 0.15) is 34.7 Å². The highest BCUT2D eigenvalue weighted by molar-refractivity contribution is 7.07. The van der Waals surface area contributed by atoms with E-state index in [1.807, 2.05) is 24.3 Å². The van der Waals surface area contributed by atoms with Crippen molar-refractivity contribution in [1.82, 2.24) is 4.57 Å². The smallest absolute Gasteiger partial charge is 0.271 e. The van der Waals surface area contributed by atoms with Crippen LogP contribution >= 0.6 is 11.3 Å². The Morgan fingerprint density at radius 1 is 1.06 bits per heavy atom. The van der Waals surface area contributed by atoms with Gasteiger partial charge < -0.3 is 0 Å². The second-order valence-electron chi connectivity index (χ2n) is 8.52. The lowest BCUT2D eigenvalue weighted by atomic mass is 9.83. The molecule has 1 unspecified atom stereocenters. The summed E-state index contributed by atoms with van der Waals surface area (Å²) in [5.74, 6) is -0.364. The molecule has 6 nitrogen and oxygen atoms in total. The molecule has 0 spiro atoms. The number of nitro groups is 1. The molecule has 0 fully saturated rings. The number of fused-ring (bicyclic) bond motifs is 3. The standard InChI is InChI=1S/C27H18FN3O3S/c28-19-8-4-7-18(15-19)25-22-12-11-17-6-1-2-10-21(17)24(22)29-27-30(25)26(32)23(35-27)14-16-5-3-9-20(13-16)31(33)34/h1-10,13-15,25H,11-12H2/b23-14+. The monoisotopic (exact) mass is 483 g/mol. The van der Waals surface area contributed by atoms with Crippen molar-refractivity contribution >= 4 is 28.8 Å². The van der Waals surface area contributed by atoms with Crippen molar-refractivity contribution in [2.24, 2.45) is 4.99 Å². The molecule has 4 aromatic rings. The van der Waals surface area contributed by atoms with Crippen molar-refractivity contribution in [1.29, 1.82) is 0 Å². The molecule has 35 heavy (non-hydrogen) atoms. The van der Waals surface area contributed by atoms with Gasteiger partial charge in [0.05, 0.1) is 21.2 Å². The first-order valence-electron chi connectivity index (χ1n) is 11.1. The van der Waals surface area contributed by atoms with Gasteiger partial charge in [0.1, 0.15) is 5.82 Å². The molecule has 0 radical (unpaired) electrons. The number of allylic oxidation sites excluding steroid dienone is 1. The van der Waals surface area contributed by atoms with Crippen LogP contribution in [-0.2, 0) is 6.42 Å².